The van der Waals surface area contributed by atoms with Gasteiger partial charge in [-0.25, -0.2) is 4.98 Å². The zero-order valence-electron chi connectivity index (χ0n) is 7.72. The normalized spacial score (nSPS) is 12.3. The number of nitrogen functional groups attached to an aromatic ring is 1. The number of fused-ring (bicyclic) bond motifs is 1. The van der Waals surface area contributed by atoms with Crippen LogP contribution in [0.4, 0.5) is 18.9 Å². The third kappa shape index (κ3) is 1.65. The maximum atomic E-state index is 12.4. The summed E-state index contributed by atoms with van der Waals surface area (Å²) in [5.41, 5.74) is 7.09. The maximum absolute atomic E-state index is 12.4. The second kappa shape index (κ2) is 3.10. The van der Waals surface area contributed by atoms with Crippen molar-refractivity contribution in [3.05, 3.63) is 22.7 Å². The van der Waals surface area contributed by atoms with Crippen LogP contribution in [0.2, 0.25) is 0 Å². The summed E-state index contributed by atoms with van der Waals surface area (Å²) in [6.07, 6.45) is -4.38. The van der Waals surface area contributed by atoms with Crippen LogP contribution in [0.25, 0.3) is 10.2 Å². The van der Waals surface area contributed by atoms with Gasteiger partial charge in [-0.3, -0.25) is 0 Å². The van der Waals surface area contributed by atoms with Gasteiger partial charge < -0.3 is 5.73 Å². The van der Waals surface area contributed by atoms with Crippen molar-refractivity contribution >= 4 is 27.2 Å². The minimum Gasteiger partial charge on any atom is -0.398 e. The number of benzene rings is 1. The smallest absolute Gasteiger partial charge is 0.398 e. The van der Waals surface area contributed by atoms with Crippen LogP contribution in [0.15, 0.2) is 12.1 Å². The predicted molar refractivity (Wildman–Crippen MR) is 53.8 cm³/mol. The van der Waals surface area contributed by atoms with Crippen molar-refractivity contribution in [2.45, 2.75) is 13.1 Å². The summed E-state index contributed by atoms with van der Waals surface area (Å²) in [4.78, 5) is 3.52. The van der Waals surface area contributed by atoms with Crippen LogP contribution in [0.1, 0.15) is 10.6 Å². The number of nitrogens with zero attached hydrogens (tertiary/aromatic N) is 1. The van der Waals surface area contributed by atoms with Crippen LogP contribution < -0.4 is 5.73 Å². The molecule has 0 spiro atoms. The number of alkyl halides is 3. The highest BCUT2D eigenvalue weighted by Gasteiger charge is 2.35. The fourth-order valence-corrected chi connectivity index (χ4v) is 2.20. The predicted octanol–water partition coefficient (Wildman–Crippen LogP) is 3.21. The zero-order valence-corrected chi connectivity index (χ0v) is 8.54. The molecule has 0 saturated heterocycles. The van der Waals surface area contributed by atoms with Crippen LogP contribution in [-0.2, 0) is 6.18 Å². The number of hydrogen-bond donors (Lipinski definition) is 1. The van der Waals surface area contributed by atoms with E-state index in [2.05, 4.69) is 4.98 Å². The molecule has 1 aromatic heterocycles. The Morgan fingerprint density at radius 3 is 2.60 bits per heavy atom. The molecule has 0 bridgehead atoms. The number of thiazole rings is 1. The molecule has 80 valence electrons. The summed E-state index contributed by atoms with van der Waals surface area (Å²) < 4.78 is 37.6. The van der Waals surface area contributed by atoms with E-state index >= 15 is 0 Å². The molecule has 2 N–H and O–H groups in total. The first-order chi connectivity index (χ1) is 6.89. The van der Waals surface area contributed by atoms with Gasteiger partial charge in [0.2, 0.25) is 0 Å². The molecule has 0 amide bonds. The summed E-state index contributed by atoms with van der Waals surface area (Å²) in [6, 6.07) is 3.07. The van der Waals surface area contributed by atoms with Gasteiger partial charge >= 0.3 is 6.18 Å². The van der Waals surface area contributed by atoms with E-state index < -0.39 is 11.2 Å². The summed E-state index contributed by atoms with van der Waals surface area (Å²) in [6.45, 7) is 1.69. The lowest BCUT2D eigenvalue weighted by molar-refractivity contribution is -0.137. The van der Waals surface area contributed by atoms with Crippen molar-refractivity contribution < 1.29 is 13.2 Å². The Labute approximate surface area is 87.5 Å². The summed E-state index contributed by atoms with van der Waals surface area (Å²) in [5, 5.41) is -0.828. The van der Waals surface area contributed by atoms with E-state index in [4.69, 9.17) is 5.73 Å². The number of halogens is 3. The van der Waals surface area contributed by atoms with E-state index in [-0.39, 0.29) is 0 Å². The first-order valence-electron chi connectivity index (χ1n) is 4.12. The van der Waals surface area contributed by atoms with E-state index in [1.54, 1.807) is 13.0 Å². The molecule has 15 heavy (non-hydrogen) atoms. The number of nitrogens with two attached hydrogens (primary N) is 1. The molecule has 2 rings (SSSR count). The van der Waals surface area contributed by atoms with Crippen molar-refractivity contribution in [2.75, 3.05) is 5.73 Å². The molecule has 0 radical (unpaired) electrons. The molecule has 0 saturated carbocycles. The van der Waals surface area contributed by atoms with Crippen LogP contribution in [-0.4, -0.2) is 4.98 Å². The van der Waals surface area contributed by atoms with Gasteiger partial charge in [-0.15, -0.1) is 11.3 Å². The number of aryl methyl sites for hydroxylation is 1. The Hall–Kier alpha value is -1.30. The van der Waals surface area contributed by atoms with Crippen molar-refractivity contribution in [1.82, 2.24) is 4.98 Å². The zero-order chi connectivity index (χ0) is 11.2. The van der Waals surface area contributed by atoms with E-state index in [9.17, 15) is 13.2 Å². The van der Waals surface area contributed by atoms with E-state index in [1.165, 1.54) is 6.07 Å². The van der Waals surface area contributed by atoms with Gasteiger partial charge in [0.25, 0.3) is 0 Å². The molecule has 0 aliphatic rings. The molecular formula is C9H7F3N2S. The Balaban J connectivity index is 2.72. The molecule has 0 unspecified atom stereocenters. The quantitative estimate of drug-likeness (QED) is 0.708. The molecule has 1 aromatic carbocycles. The summed E-state index contributed by atoms with van der Waals surface area (Å²) >= 11 is 0.629. The first-order valence-corrected chi connectivity index (χ1v) is 4.94. The largest absolute Gasteiger partial charge is 0.443 e. The molecule has 0 fully saturated rings. The number of aromatic nitrogens is 1. The third-order valence-corrected chi connectivity index (χ3v) is 3.33. The summed E-state index contributed by atoms with van der Waals surface area (Å²) in [7, 11) is 0. The van der Waals surface area contributed by atoms with Gasteiger partial charge in [0.15, 0.2) is 5.01 Å². The lowest BCUT2D eigenvalue weighted by Crippen LogP contribution is -2.03. The number of hydrogen-bond acceptors (Lipinski definition) is 3. The number of anilines is 1. The highest BCUT2D eigenvalue weighted by atomic mass is 32.1. The molecule has 1 heterocycles. The Bertz CT molecular complexity index is 516. The lowest BCUT2D eigenvalue weighted by atomic mass is 10.2. The third-order valence-electron chi connectivity index (χ3n) is 2.09. The van der Waals surface area contributed by atoms with Gasteiger partial charge in [0.05, 0.1) is 10.2 Å². The van der Waals surface area contributed by atoms with Crippen molar-refractivity contribution in [3.8, 4) is 0 Å². The van der Waals surface area contributed by atoms with E-state index in [1.807, 2.05) is 0 Å². The topological polar surface area (TPSA) is 38.9 Å². The highest BCUT2D eigenvalue weighted by molar-refractivity contribution is 7.18. The molecule has 0 aliphatic carbocycles. The molecule has 0 atom stereocenters. The minimum atomic E-state index is -4.38. The minimum absolute atomic E-state index is 0.346. The Kier molecular flexibility index (Phi) is 2.11. The SMILES string of the molecule is Cc1c(N)ccc2nc(C(F)(F)F)sc12. The van der Waals surface area contributed by atoms with Crippen molar-refractivity contribution in [1.29, 1.82) is 0 Å². The fraction of sp³-hybridized carbons (Fsp3) is 0.222. The van der Waals surface area contributed by atoms with E-state index in [0.29, 0.717) is 32.8 Å². The molecule has 2 aromatic rings. The average molecular weight is 232 g/mol. The van der Waals surface area contributed by atoms with Gasteiger partial charge in [-0.2, -0.15) is 13.2 Å². The van der Waals surface area contributed by atoms with Crippen LogP contribution in [0.3, 0.4) is 0 Å². The van der Waals surface area contributed by atoms with Gasteiger partial charge in [0, 0.05) is 5.69 Å². The maximum Gasteiger partial charge on any atom is 0.443 e. The second-order valence-corrected chi connectivity index (χ2v) is 4.14. The lowest BCUT2D eigenvalue weighted by Gasteiger charge is -1.98. The van der Waals surface area contributed by atoms with Crippen molar-refractivity contribution in [2.24, 2.45) is 0 Å². The van der Waals surface area contributed by atoms with Crippen LogP contribution in [0.5, 0.6) is 0 Å². The monoisotopic (exact) mass is 232 g/mol. The average Bonchev–Trinajstić information content (AvgIpc) is 2.55. The number of rotatable bonds is 0. The molecular weight excluding hydrogens is 225 g/mol. The molecule has 2 nitrogen and oxygen atoms in total. The highest BCUT2D eigenvalue weighted by Crippen LogP contribution is 2.37. The van der Waals surface area contributed by atoms with Crippen LogP contribution >= 0.6 is 11.3 Å². The Morgan fingerprint density at radius 1 is 1.33 bits per heavy atom. The van der Waals surface area contributed by atoms with Crippen molar-refractivity contribution in [3.63, 3.8) is 0 Å². The van der Waals surface area contributed by atoms with Gasteiger partial charge in [-0.1, -0.05) is 0 Å². The fourth-order valence-electron chi connectivity index (χ4n) is 1.26. The molecule has 0 aliphatic heterocycles. The van der Waals surface area contributed by atoms with Crippen LogP contribution in [0, 0.1) is 6.92 Å². The first kappa shape index (κ1) is 10.2. The standard InChI is InChI=1S/C9H7F3N2S/c1-4-5(13)2-3-6-7(4)15-8(14-6)9(10,11)12/h2-3H,13H2,1H3. The molecule has 6 heteroatoms. The van der Waals surface area contributed by atoms with Gasteiger partial charge in [-0.05, 0) is 24.6 Å². The second-order valence-electron chi connectivity index (χ2n) is 3.14. The van der Waals surface area contributed by atoms with Gasteiger partial charge in [0.1, 0.15) is 0 Å². The summed E-state index contributed by atoms with van der Waals surface area (Å²) in [5.74, 6) is 0. The van der Waals surface area contributed by atoms with E-state index in [0.717, 1.165) is 0 Å². The Morgan fingerprint density at radius 2 is 2.00 bits per heavy atom.